The van der Waals surface area contributed by atoms with Crippen LogP contribution >= 0.6 is 0 Å². The number of halogens is 11. The highest BCUT2D eigenvalue weighted by atomic mass is 19.4. The Balaban J connectivity index is 2.66. The number of carbonyl (C=O) groups is 1. The van der Waals surface area contributed by atoms with E-state index in [1.165, 1.54) is 13.8 Å². The molecular weight excluding hydrogens is 469 g/mol. The van der Waals surface area contributed by atoms with Gasteiger partial charge in [-0.1, -0.05) is 41.0 Å². The number of esters is 1. The lowest BCUT2D eigenvalue weighted by Crippen LogP contribution is -2.84. The van der Waals surface area contributed by atoms with Gasteiger partial charge in [-0.15, -0.1) is 0 Å². The molecule has 0 saturated heterocycles. The molecule has 188 valence electrons. The molecule has 13 heteroatoms. The molecule has 2 fully saturated rings. The van der Waals surface area contributed by atoms with E-state index in [1.807, 2.05) is 0 Å². The van der Waals surface area contributed by atoms with Gasteiger partial charge in [0.25, 0.3) is 0 Å². The largest absolute Gasteiger partial charge is 0.416 e. The number of hydrogen-bond acceptors (Lipinski definition) is 2. The van der Waals surface area contributed by atoms with E-state index < -0.39 is 57.7 Å². The van der Waals surface area contributed by atoms with Gasteiger partial charge >= 0.3 is 41.4 Å². The second-order valence-corrected chi connectivity index (χ2v) is 10.0. The summed E-state index contributed by atoms with van der Waals surface area (Å²) in [5.74, 6) is -45.3. The summed E-state index contributed by atoms with van der Waals surface area (Å²) >= 11 is 0. The van der Waals surface area contributed by atoms with Crippen molar-refractivity contribution in [1.29, 1.82) is 0 Å². The molecule has 2 saturated carbocycles. The lowest BCUT2D eigenvalue weighted by atomic mass is 9.47. The first-order valence-electron chi connectivity index (χ1n) is 9.67. The van der Waals surface area contributed by atoms with Crippen molar-refractivity contribution < 1.29 is 57.8 Å². The second kappa shape index (κ2) is 6.64. The minimum Gasteiger partial charge on any atom is -0.416 e. The van der Waals surface area contributed by atoms with Gasteiger partial charge < -0.3 is 4.74 Å². The van der Waals surface area contributed by atoms with Crippen LogP contribution in [0.5, 0.6) is 0 Å². The number of carbonyl (C=O) groups excluding carboxylic acids is 1. The van der Waals surface area contributed by atoms with Crippen molar-refractivity contribution in [2.75, 3.05) is 0 Å². The van der Waals surface area contributed by atoms with Crippen LogP contribution in [0, 0.1) is 16.2 Å². The first-order valence-corrected chi connectivity index (χ1v) is 9.67. The zero-order valence-electron chi connectivity index (χ0n) is 17.8. The van der Waals surface area contributed by atoms with Gasteiger partial charge in [-0.3, -0.25) is 4.79 Å². The molecule has 0 aromatic carbocycles. The number of hydrogen-bond donors (Lipinski definition) is 0. The van der Waals surface area contributed by atoms with Crippen LogP contribution in [0.25, 0.3) is 0 Å². The zero-order valence-corrected chi connectivity index (χ0v) is 17.8. The molecule has 32 heavy (non-hydrogen) atoms. The highest BCUT2D eigenvalue weighted by molar-refractivity contribution is 5.80. The summed E-state index contributed by atoms with van der Waals surface area (Å²) in [4.78, 5) is 12.8. The van der Waals surface area contributed by atoms with Gasteiger partial charge in [-0.2, -0.15) is 48.3 Å². The van der Waals surface area contributed by atoms with Crippen LogP contribution in [-0.2, 0) is 9.53 Å². The molecule has 0 aliphatic heterocycles. The maximum Gasteiger partial charge on any atom is 0.391 e. The van der Waals surface area contributed by atoms with Gasteiger partial charge in [0.05, 0.1) is 5.41 Å². The van der Waals surface area contributed by atoms with Gasteiger partial charge in [-0.05, 0) is 30.1 Å². The Morgan fingerprint density at radius 2 is 1.12 bits per heavy atom. The van der Waals surface area contributed by atoms with Gasteiger partial charge in [0, 0.05) is 0 Å². The van der Waals surface area contributed by atoms with E-state index in [0.717, 1.165) is 0 Å². The summed E-state index contributed by atoms with van der Waals surface area (Å²) in [6, 6.07) is 0. The summed E-state index contributed by atoms with van der Waals surface area (Å²) in [5.41, 5.74) is -3.98. The van der Waals surface area contributed by atoms with E-state index in [9.17, 15) is 53.1 Å². The molecule has 0 amide bonds. The molecule has 0 spiro atoms. The molecule has 2 aliphatic carbocycles. The Hall–Kier alpha value is -1.30. The van der Waals surface area contributed by atoms with Gasteiger partial charge in [-0.25, -0.2) is 0 Å². The third-order valence-electron chi connectivity index (χ3n) is 7.22. The first kappa shape index (κ1) is 26.9. The average Bonchev–Trinajstić information content (AvgIpc) is 2.63. The van der Waals surface area contributed by atoms with Crippen LogP contribution in [0.2, 0.25) is 0 Å². The van der Waals surface area contributed by atoms with Crippen molar-refractivity contribution in [1.82, 2.24) is 0 Å². The van der Waals surface area contributed by atoms with E-state index in [0.29, 0.717) is 6.42 Å². The molecule has 1 atom stereocenters. The van der Waals surface area contributed by atoms with E-state index in [4.69, 9.17) is 0 Å². The highest BCUT2D eigenvalue weighted by Crippen LogP contribution is 2.71. The molecule has 0 aromatic heterocycles. The third-order valence-corrected chi connectivity index (χ3v) is 7.22. The quantitative estimate of drug-likeness (QED) is 0.305. The maximum absolute atomic E-state index is 14.9. The van der Waals surface area contributed by atoms with Crippen molar-refractivity contribution in [2.45, 2.75) is 95.8 Å². The molecule has 0 bridgehead atoms. The average molecular weight is 492 g/mol. The van der Waals surface area contributed by atoms with E-state index in [2.05, 4.69) is 4.74 Å². The number of rotatable bonds is 5. The Bertz CT molecular complexity index is 758. The van der Waals surface area contributed by atoms with Gasteiger partial charge in [0.2, 0.25) is 0 Å². The monoisotopic (exact) mass is 492 g/mol. The first-order chi connectivity index (χ1) is 13.9. The predicted octanol–water partition coefficient (Wildman–Crippen LogP) is 7.02. The minimum atomic E-state index is -7.35. The summed E-state index contributed by atoms with van der Waals surface area (Å²) in [6.07, 6.45) is 0.00283. The van der Waals surface area contributed by atoms with E-state index in [-0.39, 0.29) is 19.3 Å². The maximum atomic E-state index is 14.9. The molecular formula is C19H23F11O2. The van der Waals surface area contributed by atoms with Crippen LogP contribution in [0.15, 0.2) is 0 Å². The Morgan fingerprint density at radius 3 is 1.41 bits per heavy atom. The molecule has 0 N–H and O–H groups in total. The molecule has 0 radical (unpaired) electrons. The van der Waals surface area contributed by atoms with Gasteiger partial charge in [0.15, 0.2) is 0 Å². The Morgan fingerprint density at radius 1 is 0.750 bits per heavy atom. The molecule has 1 unspecified atom stereocenters. The minimum absolute atomic E-state index is 0.179. The van der Waals surface area contributed by atoms with Crippen molar-refractivity contribution in [2.24, 2.45) is 16.2 Å². The molecule has 2 rings (SSSR count). The SMILES string of the molecule is CCC(C)(C)CC1(C(=O)OC2(F)C(F)(F)C(F)(F)C(F)(F)C(F)(F)C2(F)F)CCC1(C)C. The molecule has 0 heterocycles. The fraction of sp³-hybridized carbons (Fsp3) is 0.947. The number of ether oxygens (including phenoxy) is 1. The standard InChI is InChI=1S/C19H23F11O2/c1-6-11(2,3)9-13(8-7-12(13,4)5)10(31)32-19(30)17(26,27)15(22,23)14(20,21)16(24,25)18(19,28)29/h6-9H2,1-5H3. The fourth-order valence-corrected chi connectivity index (χ4v) is 4.19. The topological polar surface area (TPSA) is 26.3 Å². The van der Waals surface area contributed by atoms with Crippen LogP contribution in [0.3, 0.4) is 0 Å². The summed E-state index contributed by atoms with van der Waals surface area (Å²) in [5, 5.41) is 0. The summed E-state index contributed by atoms with van der Waals surface area (Å²) in [6.45, 7) is 7.53. The van der Waals surface area contributed by atoms with Crippen LogP contribution in [0.4, 0.5) is 48.3 Å². The van der Waals surface area contributed by atoms with Crippen molar-refractivity contribution >= 4 is 5.97 Å². The fourth-order valence-electron chi connectivity index (χ4n) is 4.19. The smallest absolute Gasteiger partial charge is 0.391 e. The Labute approximate surface area is 176 Å². The Kier molecular flexibility index (Phi) is 5.59. The van der Waals surface area contributed by atoms with Gasteiger partial charge in [0.1, 0.15) is 0 Å². The summed E-state index contributed by atoms with van der Waals surface area (Å²) < 4.78 is 156. The highest BCUT2D eigenvalue weighted by Gasteiger charge is 3.03. The molecule has 2 aliphatic rings. The van der Waals surface area contributed by atoms with Crippen LogP contribution in [-0.4, -0.2) is 41.4 Å². The lowest BCUT2D eigenvalue weighted by molar-refractivity contribution is -0.518. The molecule has 2 nitrogen and oxygen atoms in total. The van der Waals surface area contributed by atoms with Crippen molar-refractivity contribution in [3.05, 3.63) is 0 Å². The van der Waals surface area contributed by atoms with E-state index in [1.54, 1.807) is 20.8 Å². The van der Waals surface area contributed by atoms with E-state index >= 15 is 0 Å². The van der Waals surface area contributed by atoms with Crippen LogP contribution < -0.4 is 0 Å². The lowest BCUT2D eigenvalue weighted by Gasteiger charge is -2.58. The molecule has 0 aromatic rings. The second-order valence-electron chi connectivity index (χ2n) is 10.0. The normalized spacial score (nSPS) is 33.1. The number of alkyl halides is 11. The third kappa shape index (κ3) is 2.80. The zero-order chi connectivity index (χ0) is 25.6. The van der Waals surface area contributed by atoms with Crippen molar-refractivity contribution in [3.63, 3.8) is 0 Å². The van der Waals surface area contributed by atoms with Crippen molar-refractivity contribution in [3.8, 4) is 0 Å². The predicted molar refractivity (Wildman–Crippen MR) is 88.8 cm³/mol. The summed E-state index contributed by atoms with van der Waals surface area (Å²) in [7, 11) is 0. The van der Waals surface area contributed by atoms with Crippen LogP contribution in [0.1, 0.15) is 60.3 Å².